The van der Waals surface area contributed by atoms with Gasteiger partial charge in [-0.25, -0.2) is 0 Å². The van der Waals surface area contributed by atoms with Crippen LogP contribution in [0.25, 0.3) is 0 Å². The summed E-state index contributed by atoms with van der Waals surface area (Å²) in [7, 11) is -1.39. The summed E-state index contributed by atoms with van der Waals surface area (Å²) < 4.78 is 0. The van der Waals surface area contributed by atoms with E-state index in [0.29, 0.717) is 0 Å². The zero-order valence-corrected chi connectivity index (χ0v) is 36.2. The summed E-state index contributed by atoms with van der Waals surface area (Å²) in [5.41, 5.74) is 0. The minimum Gasteiger partial charge on any atom is -0.0622 e. The summed E-state index contributed by atoms with van der Waals surface area (Å²) >= 11 is 0. The summed E-state index contributed by atoms with van der Waals surface area (Å²) in [5, 5.41) is 23.8. The maximum atomic E-state index is 6.00. The first-order chi connectivity index (χ1) is 28.8. The van der Waals surface area contributed by atoms with Gasteiger partial charge in [0.2, 0.25) is 0 Å². The van der Waals surface area contributed by atoms with Crippen molar-refractivity contribution in [2.75, 3.05) is 24.6 Å². The molecule has 58 heavy (non-hydrogen) atoms. The molecule has 0 fully saturated rings. The summed E-state index contributed by atoms with van der Waals surface area (Å²) in [6, 6.07) is 88.4. The minimum atomic E-state index is -0.348. The average molecular weight is 825 g/mol. The van der Waals surface area contributed by atoms with Crippen LogP contribution < -0.4 is 42.4 Å². The lowest BCUT2D eigenvalue weighted by atomic mass is 10.4. The molecular formula is C52H48N2P4. The smallest absolute Gasteiger partial charge is 0 e. The highest BCUT2D eigenvalue weighted by atomic mass is 31.1. The quantitative estimate of drug-likeness (QED) is 0.0810. The minimum absolute atomic E-state index is 0.348. The molecule has 0 bridgehead atoms. The van der Waals surface area contributed by atoms with Crippen LogP contribution in [-0.4, -0.2) is 24.6 Å². The zero-order chi connectivity index (χ0) is 40.0. The molecule has 2 nitrogen and oxygen atoms in total. The first-order valence-corrected chi connectivity index (χ1v) is 25.6. The normalized spacial score (nSPS) is 10.7. The number of rotatable bonds is 14. The maximum absolute atomic E-state index is 6.00. The third-order valence-corrected chi connectivity index (χ3v) is 20.4. The van der Waals surface area contributed by atoms with Gasteiger partial charge < -0.3 is 0 Å². The molecule has 0 spiro atoms. The highest BCUT2D eigenvalue weighted by molar-refractivity contribution is 7.77. The Morgan fingerprint density at radius 3 is 0.397 bits per heavy atom. The molecule has 0 unspecified atom stereocenters. The Bertz CT molecular complexity index is 1810. The molecule has 0 aliphatic carbocycles. The first kappa shape index (κ1) is 42.5. The van der Waals surface area contributed by atoms with E-state index in [1.165, 1.54) is 67.1 Å². The van der Waals surface area contributed by atoms with Crippen molar-refractivity contribution in [3.05, 3.63) is 243 Å². The Morgan fingerprint density at radius 1 is 0.190 bits per heavy atom. The van der Waals surface area contributed by atoms with Crippen LogP contribution in [0.2, 0.25) is 0 Å². The fourth-order valence-corrected chi connectivity index (χ4v) is 17.6. The Labute approximate surface area is 350 Å². The summed E-state index contributed by atoms with van der Waals surface area (Å²) in [4.78, 5) is 0. The summed E-state index contributed by atoms with van der Waals surface area (Å²) in [6.07, 6.45) is 4.83. The monoisotopic (exact) mass is 824 g/mol. The van der Waals surface area contributed by atoms with E-state index in [-0.39, 0.29) is 31.7 Å². The van der Waals surface area contributed by atoms with E-state index in [2.05, 4.69) is 243 Å². The van der Waals surface area contributed by atoms with Crippen LogP contribution in [0.3, 0.4) is 0 Å². The Hall–Kier alpha value is -5.10. The molecule has 0 aliphatic rings. The van der Waals surface area contributed by atoms with Gasteiger partial charge >= 0.3 is 0 Å². The molecule has 8 aromatic carbocycles. The molecule has 0 radical (unpaired) electrons. The van der Waals surface area contributed by atoms with Crippen molar-refractivity contribution in [3.63, 3.8) is 0 Å². The van der Waals surface area contributed by atoms with E-state index >= 15 is 0 Å². The van der Waals surface area contributed by atoms with Crippen molar-refractivity contribution >= 4 is 74.1 Å². The van der Waals surface area contributed by atoms with E-state index in [0.717, 1.165) is 0 Å². The molecule has 0 saturated heterocycles. The Kier molecular flexibility index (Phi) is 17.6. The van der Waals surface area contributed by atoms with Crippen LogP contribution in [-0.2, 0) is 0 Å². The van der Waals surface area contributed by atoms with Gasteiger partial charge in [0.15, 0.2) is 0 Å². The van der Waals surface area contributed by atoms with Gasteiger partial charge in [0.05, 0.1) is 0 Å². The summed E-state index contributed by atoms with van der Waals surface area (Å²) in [5.74, 6) is 0. The van der Waals surface area contributed by atoms with E-state index in [9.17, 15) is 0 Å². The fraction of sp³-hybridized carbons (Fsp3) is 0.0769. The SMILES string of the molecule is N#N.c1ccc(P(CCP(c2ccccc2)c2ccccc2)c2ccccc2)cc1.c1ccc(P(CCP(c2ccccc2)c2ccccc2)c2ccccc2)cc1. The van der Waals surface area contributed by atoms with Crippen molar-refractivity contribution in [1.29, 1.82) is 10.8 Å². The molecule has 8 aromatic rings. The molecule has 0 amide bonds. The van der Waals surface area contributed by atoms with Gasteiger partial charge in [0.25, 0.3) is 0 Å². The number of nitrogens with zero attached hydrogens (tertiary/aromatic N) is 2. The third kappa shape index (κ3) is 12.4. The van der Waals surface area contributed by atoms with Gasteiger partial charge in [0, 0.05) is 10.8 Å². The van der Waals surface area contributed by atoms with Gasteiger partial charge in [-0.3, -0.25) is 0 Å². The lowest BCUT2D eigenvalue weighted by Crippen LogP contribution is -2.19. The van der Waals surface area contributed by atoms with Gasteiger partial charge in [-0.2, -0.15) is 0 Å². The van der Waals surface area contributed by atoms with Crippen LogP contribution in [0.5, 0.6) is 0 Å². The van der Waals surface area contributed by atoms with Gasteiger partial charge in [0.1, 0.15) is 0 Å². The fourth-order valence-electron chi connectivity index (χ4n) is 6.89. The van der Waals surface area contributed by atoms with E-state index in [1.54, 1.807) is 0 Å². The van der Waals surface area contributed by atoms with Crippen molar-refractivity contribution in [2.24, 2.45) is 0 Å². The second-order valence-electron chi connectivity index (χ2n) is 13.3. The highest BCUT2D eigenvalue weighted by Gasteiger charge is 2.20. The van der Waals surface area contributed by atoms with Crippen LogP contribution in [0.15, 0.2) is 243 Å². The van der Waals surface area contributed by atoms with Crippen LogP contribution >= 0.6 is 31.7 Å². The average Bonchev–Trinajstić information content (AvgIpc) is 3.32. The van der Waals surface area contributed by atoms with Crippen LogP contribution in [0, 0.1) is 10.8 Å². The molecule has 6 heteroatoms. The van der Waals surface area contributed by atoms with Gasteiger partial charge in [-0.1, -0.05) is 243 Å². The topological polar surface area (TPSA) is 47.6 Å². The van der Waals surface area contributed by atoms with Crippen molar-refractivity contribution in [2.45, 2.75) is 0 Å². The van der Waals surface area contributed by atoms with E-state index in [1.807, 2.05) is 0 Å². The Balaban J connectivity index is 0.000000188. The second kappa shape index (κ2) is 24.0. The molecule has 8 rings (SSSR count). The lowest BCUT2D eigenvalue weighted by Gasteiger charge is -2.24. The van der Waals surface area contributed by atoms with E-state index < -0.39 is 0 Å². The zero-order valence-electron chi connectivity index (χ0n) is 32.6. The van der Waals surface area contributed by atoms with Crippen LogP contribution in [0.4, 0.5) is 0 Å². The van der Waals surface area contributed by atoms with Gasteiger partial charge in [-0.05, 0) is 98.8 Å². The number of hydrogen-bond donors (Lipinski definition) is 0. The second-order valence-corrected chi connectivity index (χ2v) is 22.6. The molecule has 0 atom stereocenters. The van der Waals surface area contributed by atoms with Crippen molar-refractivity contribution < 1.29 is 0 Å². The molecular weight excluding hydrogens is 776 g/mol. The summed E-state index contributed by atoms with van der Waals surface area (Å²) in [6.45, 7) is 0. The lowest BCUT2D eigenvalue weighted by molar-refractivity contribution is 1.15. The molecule has 0 saturated carbocycles. The predicted octanol–water partition coefficient (Wildman–Crippen LogP) is 10.5. The molecule has 286 valence electrons. The third-order valence-electron chi connectivity index (χ3n) is 9.64. The van der Waals surface area contributed by atoms with Crippen molar-refractivity contribution in [1.82, 2.24) is 0 Å². The molecule has 0 aliphatic heterocycles. The van der Waals surface area contributed by atoms with Gasteiger partial charge in [-0.15, -0.1) is 0 Å². The predicted molar refractivity (Wildman–Crippen MR) is 259 cm³/mol. The Morgan fingerprint density at radius 2 is 0.293 bits per heavy atom. The number of hydrogen-bond acceptors (Lipinski definition) is 2. The number of benzene rings is 8. The molecule has 0 N–H and O–H groups in total. The standard InChI is InChI=1S/2C26H24P2.N2/c2*1-5-13-23(14-6-1)27(24-15-7-2-8-16-24)21-22-28(25-17-9-3-10-18-25)26-19-11-4-12-20-26;1-2/h2*1-20H,21-22H2;. The highest BCUT2D eigenvalue weighted by Crippen LogP contribution is 2.42. The van der Waals surface area contributed by atoms with E-state index in [4.69, 9.17) is 10.8 Å². The molecule has 0 aromatic heterocycles. The maximum Gasteiger partial charge on any atom is 0 e. The molecule has 0 heterocycles. The first-order valence-electron chi connectivity index (χ1n) is 19.5. The van der Waals surface area contributed by atoms with Crippen molar-refractivity contribution in [3.8, 4) is 0 Å². The van der Waals surface area contributed by atoms with Crippen LogP contribution in [0.1, 0.15) is 0 Å². The largest absolute Gasteiger partial charge is 0.0622 e.